The third-order valence-electron chi connectivity index (χ3n) is 2.79. The van der Waals surface area contributed by atoms with E-state index >= 15 is 0 Å². The van der Waals surface area contributed by atoms with Crippen LogP contribution in [-0.4, -0.2) is 18.1 Å². The fraction of sp³-hybridized carbons (Fsp3) is 0.500. The molecule has 0 aliphatic carbocycles. The van der Waals surface area contributed by atoms with Crippen LogP contribution >= 0.6 is 0 Å². The molecule has 0 aromatic heterocycles. The summed E-state index contributed by atoms with van der Waals surface area (Å²) in [6, 6.07) is 5.16. The molecule has 1 fully saturated rings. The molecule has 1 aliphatic heterocycles. The standard InChI is InChI=1S/C12H15NO4/c1-2-9-4-5-10(8-11(9)13(14)15)12-16-6-3-7-17-12/h4-5,8,12H,2-3,6-7H2,1H3. The lowest BCUT2D eigenvalue weighted by Gasteiger charge is -2.23. The zero-order valence-corrected chi connectivity index (χ0v) is 9.72. The molecule has 0 saturated carbocycles. The van der Waals surface area contributed by atoms with Gasteiger partial charge in [-0.3, -0.25) is 10.1 Å². The maximum Gasteiger partial charge on any atom is 0.273 e. The zero-order valence-electron chi connectivity index (χ0n) is 9.72. The number of hydrogen-bond acceptors (Lipinski definition) is 4. The van der Waals surface area contributed by atoms with E-state index < -0.39 is 6.29 Å². The molecule has 2 rings (SSSR count). The predicted molar refractivity (Wildman–Crippen MR) is 61.7 cm³/mol. The Hall–Kier alpha value is -1.46. The number of hydrogen-bond donors (Lipinski definition) is 0. The normalized spacial score (nSPS) is 17.0. The second kappa shape index (κ2) is 5.25. The zero-order chi connectivity index (χ0) is 12.3. The van der Waals surface area contributed by atoms with Crippen molar-refractivity contribution in [1.29, 1.82) is 0 Å². The third kappa shape index (κ3) is 2.62. The first kappa shape index (κ1) is 12.0. The van der Waals surface area contributed by atoms with Crippen LogP contribution in [0, 0.1) is 10.1 Å². The Kier molecular flexibility index (Phi) is 3.71. The summed E-state index contributed by atoms with van der Waals surface area (Å²) in [5.74, 6) is 0. The van der Waals surface area contributed by atoms with Gasteiger partial charge in [0.25, 0.3) is 5.69 Å². The smallest absolute Gasteiger partial charge is 0.273 e. The summed E-state index contributed by atoms with van der Waals surface area (Å²) < 4.78 is 10.9. The molecular formula is C12H15NO4. The number of nitro groups is 1. The summed E-state index contributed by atoms with van der Waals surface area (Å²) in [7, 11) is 0. The summed E-state index contributed by atoms with van der Waals surface area (Å²) in [4.78, 5) is 10.6. The highest BCUT2D eigenvalue weighted by Gasteiger charge is 2.21. The van der Waals surface area contributed by atoms with Gasteiger partial charge in [-0.2, -0.15) is 0 Å². The van der Waals surface area contributed by atoms with Crippen LogP contribution in [0.2, 0.25) is 0 Å². The Morgan fingerprint density at radius 3 is 2.71 bits per heavy atom. The van der Waals surface area contributed by atoms with Gasteiger partial charge < -0.3 is 9.47 Å². The highest BCUT2D eigenvalue weighted by atomic mass is 16.7. The topological polar surface area (TPSA) is 61.6 Å². The fourth-order valence-corrected chi connectivity index (χ4v) is 1.88. The first-order valence-electron chi connectivity index (χ1n) is 5.72. The van der Waals surface area contributed by atoms with Crippen LogP contribution in [0.15, 0.2) is 18.2 Å². The largest absolute Gasteiger partial charge is 0.348 e. The van der Waals surface area contributed by atoms with Gasteiger partial charge in [0.1, 0.15) is 0 Å². The number of benzene rings is 1. The minimum absolute atomic E-state index is 0.141. The Balaban J connectivity index is 2.29. The summed E-state index contributed by atoms with van der Waals surface area (Å²) in [6.07, 6.45) is 1.04. The molecule has 0 amide bonds. The molecule has 1 heterocycles. The van der Waals surface area contributed by atoms with Crippen molar-refractivity contribution in [3.05, 3.63) is 39.4 Å². The first-order valence-corrected chi connectivity index (χ1v) is 5.72. The SMILES string of the molecule is CCc1ccc(C2OCCCO2)cc1[N+](=O)[O-]. The maximum atomic E-state index is 10.9. The van der Waals surface area contributed by atoms with Crippen molar-refractivity contribution in [3.63, 3.8) is 0 Å². The van der Waals surface area contributed by atoms with E-state index in [9.17, 15) is 10.1 Å². The van der Waals surface area contributed by atoms with Crippen LogP contribution in [0.25, 0.3) is 0 Å². The monoisotopic (exact) mass is 237 g/mol. The van der Waals surface area contributed by atoms with Gasteiger partial charge in [0.05, 0.1) is 18.1 Å². The fourth-order valence-electron chi connectivity index (χ4n) is 1.88. The average Bonchev–Trinajstić information content (AvgIpc) is 2.39. The number of ether oxygens (including phenoxy) is 2. The average molecular weight is 237 g/mol. The van der Waals surface area contributed by atoms with Crippen LogP contribution in [0.4, 0.5) is 5.69 Å². The maximum absolute atomic E-state index is 10.9. The summed E-state index contributed by atoms with van der Waals surface area (Å²) >= 11 is 0. The van der Waals surface area contributed by atoms with Crippen LogP contribution in [-0.2, 0) is 15.9 Å². The molecule has 1 aromatic carbocycles. The highest BCUT2D eigenvalue weighted by molar-refractivity contribution is 5.43. The molecule has 17 heavy (non-hydrogen) atoms. The molecule has 0 radical (unpaired) electrons. The molecule has 0 spiro atoms. The molecule has 5 heteroatoms. The van der Waals surface area contributed by atoms with Gasteiger partial charge in [0.2, 0.25) is 0 Å². The lowest BCUT2D eigenvalue weighted by Crippen LogP contribution is -2.17. The van der Waals surface area contributed by atoms with Gasteiger partial charge in [0.15, 0.2) is 6.29 Å². The summed E-state index contributed by atoms with van der Waals surface area (Å²) in [5, 5.41) is 10.9. The third-order valence-corrected chi connectivity index (χ3v) is 2.79. The van der Waals surface area contributed by atoms with E-state index in [4.69, 9.17) is 9.47 Å². The molecule has 0 atom stereocenters. The molecule has 5 nitrogen and oxygen atoms in total. The lowest BCUT2D eigenvalue weighted by molar-refractivity contribution is -0.385. The van der Waals surface area contributed by atoms with Crippen LogP contribution in [0.1, 0.15) is 30.8 Å². The summed E-state index contributed by atoms with van der Waals surface area (Å²) in [6.45, 7) is 3.16. The summed E-state index contributed by atoms with van der Waals surface area (Å²) in [5.41, 5.74) is 1.59. The van der Waals surface area contributed by atoms with E-state index in [2.05, 4.69) is 0 Å². The van der Waals surface area contributed by atoms with E-state index in [-0.39, 0.29) is 10.6 Å². The number of nitro benzene ring substituents is 1. The van der Waals surface area contributed by atoms with Crippen LogP contribution < -0.4 is 0 Å². The number of nitrogens with zero attached hydrogens (tertiary/aromatic N) is 1. The Labute approximate surface area is 99.5 Å². The second-order valence-corrected chi connectivity index (χ2v) is 3.93. The number of aryl methyl sites for hydroxylation is 1. The van der Waals surface area contributed by atoms with Crippen molar-refractivity contribution < 1.29 is 14.4 Å². The van der Waals surface area contributed by atoms with Crippen molar-refractivity contribution in [2.75, 3.05) is 13.2 Å². The van der Waals surface area contributed by atoms with Gasteiger partial charge in [-0.15, -0.1) is 0 Å². The quantitative estimate of drug-likeness (QED) is 0.598. The second-order valence-electron chi connectivity index (χ2n) is 3.93. The van der Waals surface area contributed by atoms with Crippen LogP contribution in [0.5, 0.6) is 0 Å². The van der Waals surface area contributed by atoms with Crippen molar-refractivity contribution in [3.8, 4) is 0 Å². The molecule has 92 valence electrons. The molecular weight excluding hydrogens is 222 g/mol. The first-order chi connectivity index (χ1) is 8.22. The Bertz CT molecular complexity index is 413. The van der Waals surface area contributed by atoms with Gasteiger partial charge in [-0.05, 0) is 12.8 Å². The predicted octanol–water partition coefficient (Wildman–Crippen LogP) is 2.59. The van der Waals surface area contributed by atoms with E-state index in [1.165, 1.54) is 0 Å². The van der Waals surface area contributed by atoms with Crippen molar-refractivity contribution in [2.45, 2.75) is 26.1 Å². The lowest BCUT2D eigenvalue weighted by atomic mass is 10.1. The van der Waals surface area contributed by atoms with Crippen molar-refractivity contribution in [1.82, 2.24) is 0 Å². The Morgan fingerprint density at radius 1 is 1.41 bits per heavy atom. The minimum atomic E-state index is -0.464. The van der Waals surface area contributed by atoms with Gasteiger partial charge >= 0.3 is 0 Å². The van der Waals surface area contributed by atoms with Crippen molar-refractivity contribution in [2.24, 2.45) is 0 Å². The van der Waals surface area contributed by atoms with Gasteiger partial charge in [0, 0.05) is 17.2 Å². The molecule has 0 N–H and O–H groups in total. The van der Waals surface area contributed by atoms with Gasteiger partial charge in [-0.1, -0.05) is 19.1 Å². The molecule has 1 aliphatic rings. The van der Waals surface area contributed by atoms with Crippen molar-refractivity contribution >= 4 is 5.69 Å². The van der Waals surface area contributed by atoms with E-state index in [1.54, 1.807) is 12.1 Å². The highest BCUT2D eigenvalue weighted by Crippen LogP contribution is 2.28. The van der Waals surface area contributed by atoms with Crippen LogP contribution in [0.3, 0.4) is 0 Å². The number of rotatable bonds is 3. The van der Waals surface area contributed by atoms with E-state index in [0.29, 0.717) is 25.2 Å². The van der Waals surface area contributed by atoms with E-state index in [1.807, 2.05) is 13.0 Å². The molecule has 0 bridgehead atoms. The molecule has 0 unspecified atom stereocenters. The molecule has 1 aromatic rings. The minimum Gasteiger partial charge on any atom is -0.348 e. The van der Waals surface area contributed by atoms with Gasteiger partial charge in [-0.25, -0.2) is 0 Å². The van der Waals surface area contributed by atoms with E-state index in [0.717, 1.165) is 12.0 Å². The molecule has 1 saturated heterocycles. The Morgan fingerprint density at radius 2 is 2.12 bits per heavy atom.